The molecule has 6 nitrogen and oxygen atoms in total. The lowest BCUT2D eigenvalue weighted by Gasteiger charge is -2.26. The quantitative estimate of drug-likeness (QED) is 0.687. The molecule has 1 saturated heterocycles. The molecule has 0 unspecified atom stereocenters. The third kappa shape index (κ3) is 3.97. The van der Waals surface area contributed by atoms with E-state index < -0.39 is 0 Å². The Labute approximate surface area is 170 Å². The van der Waals surface area contributed by atoms with Crippen LogP contribution < -0.4 is 14.8 Å². The Morgan fingerprint density at radius 1 is 0.966 bits per heavy atom. The number of para-hydroxylation sites is 1. The summed E-state index contributed by atoms with van der Waals surface area (Å²) in [5, 5.41) is 4.29. The van der Waals surface area contributed by atoms with Crippen LogP contribution in [0.2, 0.25) is 0 Å². The maximum atomic E-state index is 13.1. The second kappa shape index (κ2) is 8.39. The number of carbonyl (C=O) groups is 1. The van der Waals surface area contributed by atoms with E-state index in [-0.39, 0.29) is 5.91 Å². The summed E-state index contributed by atoms with van der Waals surface area (Å²) in [6.07, 6.45) is 3.26. The smallest absolute Gasteiger partial charge is 0.272 e. The van der Waals surface area contributed by atoms with E-state index in [1.807, 2.05) is 53.4 Å². The average Bonchev–Trinajstić information content (AvgIpc) is 2.78. The molecule has 1 amide bonds. The molecule has 1 aliphatic heterocycles. The number of rotatable bonds is 5. The molecule has 2 heterocycles. The molecule has 0 spiro atoms. The van der Waals surface area contributed by atoms with Crippen molar-refractivity contribution < 1.29 is 14.3 Å². The van der Waals surface area contributed by atoms with Crippen molar-refractivity contribution in [3.05, 3.63) is 54.2 Å². The molecule has 0 aliphatic carbocycles. The van der Waals surface area contributed by atoms with Gasteiger partial charge in [-0.2, -0.15) is 0 Å². The maximum Gasteiger partial charge on any atom is 0.272 e. The SMILES string of the molecule is COc1cc2nc(C(=O)N3CCCCC3)cc(Nc3ccccc3)c2cc1OC. The van der Waals surface area contributed by atoms with Crippen LogP contribution in [0.3, 0.4) is 0 Å². The standard InChI is InChI=1S/C23H25N3O3/c1-28-21-13-17-18(24-16-9-5-3-6-10-16)14-20(25-19(17)15-22(21)29-2)23(27)26-11-7-4-8-12-26/h3,5-6,9-10,13-15H,4,7-8,11-12H2,1-2H3,(H,24,25). The fourth-order valence-corrected chi connectivity index (χ4v) is 3.70. The van der Waals surface area contributed by atoms with Crippen molar-refractivity contribution in [1.29, 1.82) is 0 Å². The highest BCUT2D eigenvalue weighted by molar-refractivity contribution is 6.01. The third-order valence-corrected chi connectivity index (χ3v) is 5.23. The van der Waals surface area contributed by atoms with Gasteiger partial charge in [-0.15, -0.1) is 0 Å². The van der Waals surface area contributed by atoms with Crippen LogP contribution in [0.1, 0.15) is 29.8 Å². The molecule has 6 heteroatoms. The minimum Gasteiger partial charge on any atom is -0.493 e. The van der Waals surface area contributed by atoms with Crippen molar-refractivity contribution in [2.24, 2.45) is 0 Å². The van der Waals surface area contributed by atoms with Crippen molar-refractivity contribution in [2.75, 3.05) is 32.6 Å². The van der Waals surface area contributed by atoms with Gasteiger partial charge in [0, 0.05) is 30.2 Å². The molecule has 0 atom stereocenters. The number of benzene rings is 2. The van der Waals surface area contributed by atoms with E-state index in [0.29, 0.717) is 22.7 Å². The fourth-order valence-electron chi connectivity index (χ4n) is 3.70. The van der Waals surface area contributed by atoms with Gasteiger partial charge in [-0.1, -0.05) is 18.2 Å². The number of nitrogens with zero attached hydrogens (tertiary/aromatic N) is 2. The molecule has 4 rings (SSSR count). The number of methoxy groups -OCH3 is 2. The molecule has 0 saturated carbocycles. The minimum absolute atomic E-state index is 0.0301. The number of nitrogens with one attached hydrogen (secondary N) is 1. The van der Waals surface area contributed by atoms with Crippen LogP contribution in [0.5, 0.6) is 11.5 Å². The summed E-state index contributed by atoms with van der Waals surface area (Å²) in [6, 6.07) is 15.4. The zero-order valence-electron chi connectivity index (χ0n) is 16.8. The Morgan fingerprint density at radius 2 is 1.66 bits per heavy atom. The van der Waals surface area contributed by atoms with Gasteiger partial charge in [0.2, 0.25) is 0 Å². The van der Waals surface area contributed by atoms with E-state index >= 15 is 0 Å². The number of aromatic nitrogens is 1. The third-order valence-electron chi connectivity index (χ3n) is 5.23. The average molecular weight is 391 g/mol. The molecule has 0 radical (unpaired) electrons. The Balaban J connectivity index is 1.83. The first-order chi connectivity index (χ1) is 14.2. The van der Waals surface area contributed by atoms with Crippen LogP contribution >= 0.6 is 0 Å². The number of hydrogen-bond acceptors (Lipinski definition) is 5. The number of piperidine rings is 1. The van der Waals surface area contributed by atoms with Gasteiger partial charge in [0.25, 0.3) is 5.91 Å². The Morgan fingerprint density at radius 3 is 2.34 bits per heavy atom. The first-order valence-corrected chi connectivity index (χ1v) is 9.87. The zero-order chi connectivity index (χ0) is 20.2. The van der Waals surface area contributed by atoms with Crippen molar-refractivity contribution in [2.45, 2.75) is 19.3 Å². The van der Waals surface area contributed by atoms with Crippen molar-refractivity contribution in [1.82, 2.24) is 9.88 Å². The zero-order valence-corrected chi connectivity index (χ0v) is 16.8. The van der Waals surface area contributed by atoms with Gasteiger partial charge in [-0.25, -0.2) is 4.98 Å². The predicted molar refractivity (Wildman–Crippen MR) is 114 cm³/mol. The number of ether oxygens (including phenoxy) is 2. The number of amides is 1. The van der Waals surface area contributed by atoms with Gasteiger partial charge in [-0.3, -0.25) is 4.79 Å². The summed E-state index contributed by atoms with van der Waals surface area (Å²) in [7, 11) is 3.20. The second-order valence-corrected chi connectivity index (χ2v) is 7.12. The lowest BCUT2D eigenvalue weighted by molar-refractivity contribution is 0.0719. The maximum absolute atomic E-state index is 13.1. The number of likely N-dealkylation sites (tertiary alicyclic amines) is 1. The largest absolute Gasteiger partial charge is 0.493 e. The molecule has 2 aromatic carbocycles. The van der Waals surface area contributed by atoms with E-state index in [4.69, 9.17) is 9.47 Å². The fraction of sp³-hybridized carbons (Fsp3) is 0.304. The van der Waals surface area contributed by atoms with E-state index in [0.717, 1.165) is 42.7 Å². The molecular formula is C23H25N3O3. The summed E-state index contributed by atoms with van der Waals surface area (Å²) in [4.78, 5) is 19.7. The summed E-state index contributed by atoms with van der Waals surface area (Å²) in [5.41, 5.74) is 2.86. The second-order valence-electron chi connectivity index (χ2n) is 7.12. The molecule has 29 heavy (non-hydrogen) atoms. The molecule has 1 fully saturated rings. The topological polar surface area (TPSA) is 63.7 Å². The van der Waals surface area contributed by atoms with Crippen LogP contribution in [0.4, 0.5) is 11.4 Å². The first-order valence-electron chi connectivity index (χ1n) is 9.87. The molecule has 150 valence electrons. The normalized spacial score (nSPS) is 13.9. The lowest BCUT2D eigenvalue weighted by Crippen LogP contribution is -2.36. The van der Waals surface area contributed by atoms with Crippen LogP contribution in [0.25, 0.3) is 10.9 Å². The molecule has 3 aromatic rings. The highest BCUT2D eigenvalue weighted by atomic mass is 16.5. The van der Waals surface area contributed by atoms with Gasteiger partial charge in [0.1, 0.15) is 5.69 Å². The number of pyridine rings is 1. The number of carbonyl (C=O) groups excluding carboxylic acids is 1. The summed E-state index contributed by atoms with van der Waals surface area (Å²) in [6.45, 7) is 1.57. The Bertz CT molecular complexity index is 1010. The van der Waals surface area contributed by atoms with Gasteiger partial charge < -0.3 is 19.7 Å². The van der Waals surface area contributed by atoms with Crippen LogP contribution in [0, 0.1) is 0 Å². The van der Waals surface area contributed by atoms with Gasteiger partial charge in [0.15, 0.2) is 11.5 Å². The summed E-state index contributed by atoms with van der Waals surface area (Å²) in [5.74, 6) is 1.17. The number of anilines is 2. The van der Waals surface area contributed by atoms with E-state index in [2.05, 4.69) is 10.3 Å². The highest BCUT2D eigenvalue weighted by Crippen LogP contribution is 2.36. The van der Waals surface area contributed by atoms with Crippen molar-refractivity contribution >= 4 is 28.2 Å². The monoisotopic (exact) mass is 391 g/mol. The van der Waals surface area contributed by atoms with Crippen LogP contribution in [-0.2, 0) is 0 Å². The Kier molecular flexibility index (Phi) is 5.51. The van der Waals surface area contributed by atoms with E-state index in [1.54, 1.807) is 14.2 Å². The van der Waals surface area contributed by atoms with Gasteiger partial charge in [0.05, 0.1) is 25.4 Å². The van der Waals surface area contributed by atoms with Gasteiger partial charge in [-0.05, 0) is 43.5 Å². The number of hydrogen-bond donors (Lipinski definition) is 1. The van der Waals surface area contributed by atoms with Gasteiger partial charge >= 0.3 is 0 Å². The summed E-state index contributed by atoms with van der Waals surface area (Å²) >= 11 is 0. The molecule has 0 bridgehead atoms. The molecular weight excluding hydrogens is 366 g/mol. The highest BCUT2D eigenvalue weighted by Gasteiger charge is 2.21. The first kappa shape index (κ1) is 19.1. The summed E-state index contributed by atoms with van der Waals surface area (Å²) < 4.78 is 10.9. The predicted octanol–water partition coefficient (Wildman–Crippen LogP) is 4.62. The molecule has 1 aliphatic rings. The van der Waals surface area contributed by atoms with E-state index in [9.17, 15) is 4.79 Å². The molecule has 1 aromatic heterocycles. The lowest BCUT2D eigenvalue weighted by atomic mass is 10.1. The Hall–Kier alpha value is -3.28. The number of fused-ring (bicyclic) bond motifs is 1. The van der Waals surface area contributed by atoms with Crippen LogP contribution in [-0.4, -0.2) is 43.1 Å². The van der Waals surface area contributed by atoms with Crippen molar-refractivity contribution in [3.8, 4) is 11.5 Å². The van der Waals surface area contributed by atoms with Crippen molar-refractivity contribution in [3.63, 3.8) is 0 Å². The van der Waals surface area contributed by atoms with Crippen LogP contribution in [0.15, 0.2) is 48.5 Å². The molecule has 1 N–H and O–H groups in total. The minimum atomic E-state index is -0.0301. The van der Waals surface area contributed by atoms with E-state index in [1.165, 1.54) is 6.42 Å².